The number of carbonyl (C=O) groups is 3. The zero-order valence-corrected chi connectivity index (χ0v) is 13.8. The van der Waals surface area contributed by atoms with E-state index in [0.29, 0.717) is 11.3 Å². The van der Waals surface area contributed by atoms with Gasteiger partial charge in [-0.2, -0.15) is 0 Å². The lowest BCUT2D eigenvalue weighted by atomic mass is 10.1. The van der Waals surface area contributed by atoms with E-state index in [1.807, 2.05) is 0 Å². The van der Waals surface area contributed by atoms with Gasteiger partial charge in [0, 0.05) is 11.3 Å². The first kappa shape index (κ1) is 17.4. The Morgan fingerprint density at radius 3 is 2.62 bits per heavy atom. The molecule has 9 heteroatoms. The van der Waals surface area contributed by atoms with E-state index in [1.165, 1.54) is 13.2 Å². The predicted octanol–water partition coefficient (Wildman–Crippen LogP) is 2.62. The third-order valence-electron chi connectivity index (χ3n) is 2.88. The van der Waals surface area contributed by atoms with E-state index in [9.17, 15) is 14.4 Å². The number of amides is 3. The van der Waals surface area contributed by atoms with E-state index >= 15 is 0 Å². The molecule has 1 aliphatic heterocycles. The first-order chi connectivity index (χ1) is 11.2. The average Bonchev–Trinajstić information content (AvgIpc) is 2.46. The summed E-state index contributed by atoms with van der Waals surface area (Å²) >= 11 is 0. The average molecular weight is 337 g/mol. The highest BCUT2D eigenvalue weighted by Gasteiger charge is 2.26. The molecule has 1 aromatic rings. The Morgan fingerprint density at radius 1 is 1.29 bits per heavy atom. The number of hydrazine groups is 1. The lowest BCUT2D eigenvalue weighted by Crippen LogP contribution is -2.51. The van der Waals surface area contributed by atoms with E-state index in [-0.39, 0.29) is 12.3 Å². The molecule has 24 heavy (non-hydrogen) atoms. The molecule has 0 saturated heterocycles. The van der Waals surface area contributed by atoms with Crippen molar-refractivity contribution in [2.75, 3.05) is 12.4 Å². The molecule has 0 radical (unpaired) electrons. The van der Waals surface area contributed by atoms with Crippen LogP contribution < -0.4 is 15.5 Å². The van der Waals surface area contributed by atoms with Crippen LogP contribution in [0, 0.1) is 0 Å². The van der Waals surface area contributed by atoms with E-state index in [2.05, 4.69) is 15.5 Å². The second-order valence-electron chi connectivity index (χ2n) is 6.01. The SMILES string of the molecule is COC(=O)Oc1ccc2c(c1)CN(NC(=O)OC(C)(C)C)C(=O)N2. The van der Waals surface area contributed by atoms with Gasteiger partial charge in [-0.3, -0.25) is 0 Å². The minimum absolute atomic E-state index is 0.0821. The third kappa shape index (κ3) is 4.51. The van der Waals surface area contributed by atoms with Crippen LogP contribution >= 0.6 is 0 Å². The number of hydrogen-bond acceptors (Lipinski definition) is 6. The molecule has 0 aliphatic carbocycles. The lowest BCUT2D eigenvalue weighted by Gasteiger charge is -2.30. The molecular weight excluding hydrogens is 318 g/mol. The van der Waals surface area contributed by atoms with Gasteiger partial charge in [0.25, 0.3) is 0 Å². The Labute approximate surface area is 138 Å². The molecule has 0 saturated carbocycles. The van der Waals surface area contributed by atoms with Gasteiger partial charge in [0.15, 0.2) is 0 Å². The van der Waals surface area contributed by atoms with Crippen molar-refractivity contribution in [2.45, 2.75) is 32.9 Å². The monoisotopic (exact) mass is 337 g/mol. The number of nitrogens with zero attached hydrogens (tertiary/aromatic N) is 1. The molecule has 1 heterocycles. The maximum atomic E-state index is 12.0. The summed E-state index contributed by atoms with van der Waals surface area (Å²) in [7, 11) is 1.20. The molecule has 130 valence electrons. The van der Waals surface area contributed by atoms with Crippen molar-refractivity contribution < 1.29 is 28.6 Å². The van der Waals surface area contributed by atoms with Gasteiger partial charge in [-0.05, 0) is 39.0 Å². The number of fused-ring (bicyclic) bond motifs is 1. The summed E-state index contributed by atoms with van der Waals surface area (Å²) in [6.45, 7) is 5.23. The van der Waals surface area contributed by atoms with Crippen LogP contribution in [-0.4, -0.2) is 36.0 Å². The van der Waals surface area contributed by atoms with E-state index in [1.54, 1.807) is 32.9 Å². The van der Waals surface area contributed by atoms with Crippen molar-refractivity contribution in [3.05, 3.63) is 23.8 Å². The second-order valence-corrected chi connectivity index (χ2v) is 6.01. The van der Waals surface area contributed by atoms with Crippen LogP contribution in [0.3, 0.4) is 0 Å². The highest BCUT2D eigenvalue weighted by atomic mass is 16.7. The van der Waals surface area contributed by atoms with Crippen molar-refractivity contribution in [1.29, 1.82) is 0 Å². The molecule has 0 fully saturated rings. The van der Waals surface area contributed by atoms with Crippen LogP contribution in [0.25, 0.3) is 0 Å². The number of anilines is 1. The zero-order chi connectivity index (χ0) is 17.9. The summed E-state index contributed by atoms with van der Waals surface area (Å²) in [5.74, 6) is 0.258. The molecule has 0 bridgehead atoms. The van der Waals surface area contributed by atoms with Gasteiger partial charge >= 0.3 is 18.3 Å². The van der Waals surface area contributed by atoms with Gasteiger partial charge < -0.3 is 19.5 Å². The zero-order valence-electron chi connectivity index (χ0n) is 13.8. The number of methoxy groups -OCH3 is 1. The normalized spacial score (nSPS) is 13.5. The summed E-state index contributed by atoms with van der Waals surface area (Å²) in [5.41, 5.74) is 2.88. The predicted molar refractivity (Wildman–Crippen MR) is 83.4 cm³/mol. The minimum Gasteiger partial charge on any atom is -0.443 e. The van der Waals surface area contributed by atoms with Crippen molar-refractivity contribution in [3.63, 3.8) is 0 Å². The lowest BCUT2D eigenvalue weighted by molar-refractivity contribution is 0.0376. The van der Waals surface area contributed by atoms with Crippen LogP contribution in [0.2, 0.25) is 0 Å². The van der Waals surface area contributed by atoms with E-state index in [0.717, 1.165) is 5.01 Å². The number of benzene rings is 1. The Bertz CT molecular complexity index is 668. The number of rotatable bonds is 2. The first-order valence-electron chi connectivity index (χ1n) is 7.15. The van der Waals surface area contributed by atoms with E-state index < -0.39 is 23.9 Å². The third-order valence-corrected chi connectivity index (χ3v) is 2.88. The highest BCUT2D eigenvalue weighted by Crippen LogP contribution is 2.27. The van der Waals surface area contributed by atoms with Crippen LogP contribution in [-0.2, 0) is 16.0 Å². The summed E-state index contributed by atoms with van der Waals surface area (Å²) in [5, 5.41) is 3.69. The van der Waals surface area contributed by atoms with Gasteiger partial charge in [0.1, 0.15) is 11.4 Å². The molecule has 1 aromatic carbocycles. The molecule has 1 aliphatic rings. The molecule has 0 aromatic heterocycles. The van der Waals surface area contributed by atoms with Crippen molar-refractivity contribution in [3.8, 4) is 5.75 Å². The van der Waals surface area contributed by atoms with Gasteiger partial charge in [-0.15, -0.1) is 0 Å². The molecule has 0 spiro atoms. The van der Waals surface area contributed by atoms with E-state index in [4.69, 9.17) is 9.47 Å². The van der Waals surface area contributed by atoms with Crippen LogP contribution in [0.15, 0.2) is 18.2 Å². The fourth-order valence-corrected chi connectivity index (χ4v) is 1.95. The fraction of sp³-hybridized carbons (Fsp3) is 0.400. The summed E-state index contributed by atoms with van der Waals surface area (Å²) in [6, 6.07) is 4.17. The van der Waals surface area contributed by atoms with Crippen LogP contribution in [0.5, 0.6) is 5.75 Å². The number of urea groups is 1. The minimum atomic E-state index is -0.849. The molecule has 3 amide bonds. The van der Waals surface area contributed by atoms with Crippen LogP contribution in [0.4, 0.5) is 20.1 Å². The standard InChI is InChI=1S/C15H19N3O6/c1-15(2,3)24-13(20)17-18-8-9-7-10(23-14(21)22-4)5-6-11(9)16-12(18)19/h5-7H,8H2,1-4H3,(H,16,19)(H,17,20). The van der Waals surface area contributed by atoms with Gasteiger partial charge in [0.05, 0.1) is 13.7 Å². The topological polar surface area (TPSA) is 106 Å². The molecule has 2 N–H and O–H groups in total. The van der Waals surface area contributed by atoms with Gasteiger partial charge in [-0.25, -0.2) is 24.8 Å². The molecule has 9 nitrogen and oxygen atoms in total. The second kappa shape index (κ2) is 6.65. The number of ether oxygens (including phenoxy) is 3. The quantitative estimate of drug-likeness (QED) is 0.635. The van der Waals surface area contributed by atoms with Crippen molar-refractivity contribution >= 4 is 24.0 Å². The number of nitrogens with one attached hydrogen (secondary N) is 2. The molecule has 0 unspecified atom stereocenters. The van der Waals surface area contributed by atoms with Gasteiger partial charge in [0.2, 0.25) is 0 Å². The molecular formula is C15H19N3O6. The maximum absolute atomic E-state index is 12.0. The smallest absolute Gasteiger partial charge is 0.443 e. The van der Waals surface area contributed by atoms with Crippen molar-refractivity contribution in [2.24, 2.45) is 0 Å². The Hall–Kier alpha value is -2.97. The Kier molecular flexibility index (Phi) is 4.82. The number of carbonyl (C=O) groups excluding carboxylic acids is 3. The van der Waals surface area contributed by atoms with Gasteiger partial charge in [-0.1, -0.05) is 0 Å². The largest absolute Gasteiger partial charge is 0.513 e. The molecule has 0 atom stereocenters. The molecule has 2 rings (SSSR count). The summed E-state index contributed by atoms with van der Waals surface area (Å²) in [4.78, 5) is 34.9. The Balaban J connectivity index is 2.09. The summed E-state index contributed by atoms with van der Waals surface area (Å²) < 4.78 is 14.5. The summed E-state index contributed by atoms with van der Waals surface area (Å²) in [6.07, 6.45) is -1.60. The Morgan fingerprint density at radius 2 is 2.00 bits per heavy atom. The van der Waals surface area contributed by atoms with Crippen LogP contribution in [0.1, 0.15) is 26.3 Å². The fourth-order valence-electron chi connectivity index (χ4n) is 1.95. The highest BCUT2D eigenvalue weighted by molar-refractivity contribution is 5.93. The maximum Gasteiger partial charge on any atom is 0.513 e. The first-order valence-corrected chi connectivity index (χ1v) is 7.15. The number of hydrogen-bond donors (Lipinski definition) is 2. The van der Waals surface area contributed by atoms with Crippen molar-refractivity contribution in [1.82, 2.24) is 10.4 Å².